The molecule has 2 amide bonds. The van der Waals surface area contributed by atoms with Crippen molar-refractivity contribution in [2.24, 2.45) is 0 Å². The van der Waals surface area contributed by atoms with Crippen molar-refractivity contribution in [1.29, 1.82) is 0 Å². The van der Waals surface area contributed by atoms with Crippen molar-refractivity contribution in [2.45, 2.75) is 49.9 Å². The number of nitrogens with one attached hydrogen (secondary N) is 2. The zero-order valence-corrected chi connectivity index (χ0v) is 12.2. The quantitative estimate of drug-likeness (QED) is 0.580. The van der Waals surface area contributed by atoms with Crippen molar-refractivity contribution in [3.05, 3.63) is 0 Å². The topological polar surface area (TPSA) is 58.2 Å². The van der Waals surface area contributed by atoms with Gasteiger partial charge >= 0.3 is 6.03 Å². The van der Waals surface area contributed by atoms with Crippen molar-refractivity contribution >= 4 is 34.7 Å². The normalized spacial score (nSPS) is 29.8. The summed E-state index contributed by atoms with van der Waals surface area (Å²) in [5, 5.41) is 6.76. The van der Waals surface area contributed by atoms with Crippen LogP contribution in [-0.4, -0.2) is 40.0 Å². The number of thioether (sulfide) groups is 2. The number of urea groups is 1. The number of fused-ring (bicyclic) bond motifs is 1. The smallest absolute Gasteiger partial charge is 0.315 e. The fourth-order valence-electron chi connectivity index (χ4n) is 2.49. The summed E-state index contributed by atoms with van der Waals surface area (Å²) in [6, 6.07) is 0.581. The molecular formula is C12H20N2O2S2. The first-order chi connectivity index (χ1) is 8.70. The van der Waals surface area contributed by atoms with Crippen LogP contribution in [0.4, 0.5) is 4.79 Å². The van der Waals surface area contributed by atoms with Gasteiger partial charge < -0.3 is 10.6 Å². The lowest BCUT2D eigenvalue weighted by molar-refractivity contribution is -0.111. The van der Waals surface area contributed by atoms with Crippen LogP contribution in [0.3, 0.4) is 0 Å². The van der Waals surface area contributed by atoms with Gasteiger partial charge in [-0.3, -0.25) is 4.79 Å². The SMILES string of the molecule is CCSC(=O)CCCCC1SCC2NC(=O)NC21. The summed E-state index contributed by atoms with van der Waals surface area (Å²) in [4.78, 5) is 22.6. The molecule has 2 saturated heterocycles. The summed E-state index contributed by atoms with van der Waals surface area (Å²) in [5.74, 6) is 1.89. The van der Waals surface area contributed by atoms with E-state index in [9.17, 15) is 9.59 Å². The Labute approximate surface area is 116 Å². The Morgan fingerprint density at radius 1 is 1.44 bits per heavy atom. The first-order valence-electron chi connectivity index (χ1n) is 6.55. The molecule has 0 radical (unpaired) electrons. The largest absolute Gasteiger partial charge is 0.332 e. The molecule has 4 nitrogen and oxygen atoms in total. The Balaban J connectivity index is 1.62. The first kappa shape index (κ1) is 14.1. The number of carbonyl (C=O) groups excluding carboxylic acids is 2. The van der Waals surface area contributed by atoms with Gasteiger partial charge in [0.1, 0.15) is 0 Å². The molecule has 2 N–H and O–H groups in total. The summed E-state index contributed by atoms with van der Waals surface area (Å²) in [6.45, 7) is 2.01. The molecule has 0 aliphatic carbocycles. The minimum absolute atomic E-state index is 0.0233. The van der Waals surface area contributed by atoms with Gasteiger partial charge in [0, 0.05) is 17.4 Å². The number of hydrogen-bond acceptors (Lipinski definition) is 4. The summed E-state index contributed by atoms with van der Waals surface area (Å²) >= 11 is 3.36. The van der Waals surface area contributed by atoms with Crippen LogP contribution in [0.5, 0.6) is 0 Å². The summed E-state index contributed by atoms with van der Waals surface area (Å²) in [5.41, 5.74) is 0. The highest BCUT2D eigenvalue weighted by molar-refractivity contribution is 8.13. The predicted molar refractivity (Wildman–Crippen MR) is 77.1 cm³/mol. The monoisotopic (exact) mass is 288 g/mol. The Kier molecular flexibility index (Phi) is 5.24. The van der Waals surface area contributed by atoms with Gasteiger partial charge in [-0.2, -0.15) is 11.8 Å². The van der Waals surface area contributed by atoms with E-state index in [1.54, 1.807) is 0 Å². The number of carbonyl (C=O) groups is 2. The standard InChI is InChI=1S/C12H20N2O2S2/c1-2-17-10(15)6-4-3-5-9-11-8(7-18-9)13-12(16)14-11/h8-9,11H,2-7H2,1H3,(H2,13,14,16). The fourth-order valence-corrected chi connectivity index (χ4v) is 4.65. The van der Waals surface area contributed by atoms with Gasteiger partial charge in [0.15, 0.2) is 5.12 Å². The number of hydrogen-bond donors (Lipinski definition) is 2. The highest BCUT2D eigenvalue weighted by Gasteiger charge is 2.42. The molecule has 0 aromatic heterocycles. The van der Waals surface area contributed by atoms with E-state index < -0.39 is 0 Å². The Hall–Kier alpha value is -0.360. The number of amides is 2. The van der Waals surface area contributed by atoms with Crippen molar-refractivity contribution in [2.75, 3.05) is 11.5 Å². The van der Waals surface area contributed by atoms with Crippen LogP contribution in [-0.2, 0) is 4.79 Å². The molecule has 0 bridgehead atoms. The van der Waals surface area contributed by atoms with Crippen LogP contribution in [0, 0.1) is 0 Å². The summed E-state index contributed by atoms with van der Waals surface area (Å²) < 4.78 is 0. The van der Waals surface area contributed by atoms with Crippen molar-refractivity contribution in [1.82, 2.24) is 10.6 Å². The minimum atomic E-state index is -0.0233. The molecule has 0 aromatic carbocycles. The Morgan fingerprint density at radius 2 is 2.28 bits per heavy atom. The molecule has 3 atom stereocenters. The van der Waals surface area contributed by atoms with Gasteiger partial charge in [-0.25, -0.2) is 4.79 Å². The van der Waals surface area contributed by atoms with Gasteiger partial charge in [0.25, 0.3) is 0 Å². The Morgan fingerprint density at radius 3 is 3.06 bits per heavy atom. The molecule has 2 aliphatic rings. The Bertz CT molecular complexity index is 325. The maximum Gasteiger partial charge on any atom is 0.315 e. The van der Waals surface area contributed by atoms with Crippen LogP contribution < -0.4 is 10.6 Å². The van der Waals surface area contributed by atoms with Gasteiger partial charge in [-0.05, 0) is 18.6 Å². The third-order valence-corrected chi connectivity index (χ3v) is 5.69. The zero-order valence-electron chi connectivity index (χ0n) is 10.6. The molecule has 2 heterocycles. The first-order valence-corrected chi connectivity index (χ1v) is 8.58. The summed E-state index contributed by atoms with van der Waals surface area (Å²) in [7, 11) is 0. The van der Waals surface area contributed by atoms with Crippen LogP contribution in [0.25, 0.3) is 0 Å². The molecule has 102 valence electrons. The lowest BCUT2D eigenvalue weighted by Crippen LogP contribution is -2.36. The van der Waals surface area contributed by atoms with Gasteiger partial charge in [0.05, 0.1) is 12.1 Å². The van der Waals surface area contributed by atoms with Gasteiger partial charge in [0.2, 0.25) is 0 Å². The van der Waals surface area contributed by atoms with Crippen molar-refractivity contribution in [3.8, 4) is 0 Å². The minimum Gasteiger partial charge on any atom is -0.332 e. The van der Waals surface area contributed by atoms with Crippen molar-refractivity contribution in [3.63, 3.8) is 0 Å². The molecule has 0 aromatic rings. The molecule has 2 rings (SSSR count). The van der Waals surface area contributed by atoms with E-state index in [2.05, 4.69) is 10.6 Å². The molecule has 2 aliphatic heterocycles. The second-order valence-corrected chi connectivity index (χ2v) is 7.27. The second kappa shape index (κ2) is 6.70. The molecule has 2 fully saturated rings. The van der Waals surface area contributed by atoms with E-state index in [0.717, 1.165) is 30.8 Å². The molecular weight excluding hydrogens is 268 g/mol. The van der Waals surface area contributed by atoms with E-state index in [1.807, 2.05) is 18.7 Å². The van der Waals surface area contributed by atoms with E-state index in [1.165, 1.54) is 11.8 Å². The molecule has 18 heavy (non-hydrogen) atoms. The lowest BCUT2D eigenvalue weighted by Gasteiger charge is -2.16. The number of unbranched alkanes of at least 4 members (excludes halogenated alkanes) is 1. The van der Waals surface area contributed by atoms with E-state index in [-0.39, 0.29) is 6.03 Å². The lowest BCUT2D eigenvalue weighted by atomic mass is 10.0. The van der Waals surface area contributed by atoms with Crippen molar-refractivity contribution < 1.29 is 9.59 Å². The molecule has 0 spiro atoms. The fraction of sp³-hybridized carbons (Fsp3) is 0.833. The third kappa shape index (κ3) is 3.57. The van der Waals surface area contributed by atoms with Crippen LogP contribution in [0.1, 0.15) is 32.6 Å². The average Bonchev–Trinajstić information content (AvgIpc) is 2.85. The molecule has 0 saturated carbocycles. The summed E-state index contributed by atoms with van der Waals surface area (Å²) in [6.07, 6.45) is 3.83. The molecule has 6 heteroatoms. The third-order valence-electron chi connectivity index (χ3n) is 3.36. The average molecular weight is 288 g/mol. The van der Waals surface area contributed by atoms with E-state index >= 15 is 0 Å². The van der Waals surface area contributed by atoms with E-state index in [4.69, 9.17) is 0 Å². The van der Waals surface area contributed by atoms with E-state index in [0.29, 0.717) is 28.9 Å². The van der Waals surface area contributed by atoms with Crippen LogP contribution in [0.15, 0.2) is 0 Å². The maximum atomic E-state index is 11.4. The zero-order chi connectivity index (χ0) is 13.0. The maximum absolute atomic E-state index is 11.4. The number of rotatable bonds is 6. The second-order valence-electron chi connectivity index (χ2n) is 4.67. The van der Waals surface area contributed by atoms with Gasteiger partial charge in [-0.15, -0.1) is 0 Å². The highest BCUT2D eigenvalue weighted by Crippen LogP contribution is 2.33. The predicted octanol–water partition coefficient (Wildman–Crippen LogP) is 1.99. The molecule has 3 unspecified atom stereocenters. The van der Waals surface area contributed by atoms with Crippen LogP contribution in [0.2, 0.25) is 0 Å². The van der Waals surface area contributed by atoms with Gasteiger partial charge in [-0.1, -0.05) is 25.1 Å². The van der Waals surface area contributed by atoms with Crippen LogP contribution >= 0.6 is 23.5 Å². The highest BCUT2D eigenvalue weighted by atomic mass is 32.2.